The smallest absolute Gasteiger partial charge is 0.309 e. The lowest BCUT2D eigenvalue weighted by atomic mass is 10.3. The Hall–Kier alpha value is -2.33. The zero-order chi connectivity index (χ0) is 18.6. The second kappa shape index (κ2) is 7.70. The molecule has 1 heterocycles. The molecular formula is C15H18N2O6S2. The van der Waals surface area contributed by atoms with Gasteiger partial charge in [0.05, 0.1) is 31.2 Å². The van der Waals surface area contributed by atoms with E-state index in [2.05, 4.69) is 4.98 Å². The second-order valence-corrected chi connectivity index (χ2v) is 7.58. The Bertz CT molecular complexity index is 863. The number of carboxylic acid groups (broad SMARTS) is 1. The van der Waals surface area contributed by atoms with Crippen LogP contribution in [0, 0.1) is 0 Å². The van der Waals surface area contributed by atoms with Gasteiger partial charge >= 0.3 is 5.97 Å². The third-order valence-electron chi connectivity index (χ3n) is 3.32. The molecule has 25 heavy (non-hydrogen) atoms. The molecule has 0 bridgehead atoms. The van der Waals surface area contributed by atoms with Crippen LogP contribution in [0.15, 0.2) is 28.5 Å². The van der Waals surface area contributed by atoms with Crippen LogP contribution in [-0.4, -0.2) is 45.2 Å². The Morgan fingerprint density at radius 3 is 2.52 bits per heavy atom. The number of thiazole rings is 1. The van der Waals surface area contributed by atoms with E-state index in [1.165, 1.54) is 37.8 Å². The quantitative estimate of drug-likeness (QED) is 0.739. The van der Waals surface area contributed by atoms with Crippen LogP contribution in [0.25, 0.3) is 0 Å². The topological polar surface area (TPSA) is 106 Å². The molecular weight excluding hydrogens is 368 g/mol. The summed E-state index contributed by atoms with van der Waals surface area (Å²) in [5.41, 5.74) is 0.313. The van der Waals surface area contributed by atoms with Gasteiger partial charge in [-0.3, -0.25) is 4.79 Å². The molecule has 0 saturated carbocycles. The molecule has 136 valence electrons. The van der Waals surface area contributed by atoms with Crippen molar-refractivity contribution in [1.82, 2.24) is 4.98 Å². The monoisotopic (exact) mass is 386 g/mol. The molecule has 0 atom stereocenters. The number of benzene rings is 1. The Kier molecular flexibility index (Phi) is 5.85. The molecule has 0 spiro atoms. The Morgan fingerprint density at radius 1 is 1.28 bits per heavy atom. The number of nitrogens with zero attached hydrogens (tertiary/aromatic N) is 2. The van der Waals surface area contributed by atoms with Gasteiger partial charge in [0.2, 0.25) is 0 Å². The Morgan fingerprint density at radius 2 is 1.96 bits per heavy atom. The number of rotatable bonds is 8. The lowest BCUT2D eigenvalue weighted by molar-refractivity contribution is -0.136. The molecule has 2 rings (SSSR count). The first kappa shape index (κ1) is 19.0. The third-order valence-corrected chi connectivity index (χ3v) is 6.20. The molecule has 1 N–H and O–H groups in total. The van der Waals surface area contributed by atoms with Crippen LogP contribution in [0.4, 0.5) is 5.13 Å². The molecule has 1 aromatic carbocycles. The van der Waals surface area contributed by atoms with Crippen molar-refractivity contribution in [1.29, 1.82) is 0 Å². The molecule has 0 aliphatic carbocycles. The minimum absolute atomic E-state index is 0.0296. The first-order valence-electron chi connectivity index (χ1n) is 7.24. The highest BCUT2D eigenvalue weighted by Gasteiger charge is 2.27. The van der Waals surface area contributed by atoms with E-state index >= 15 is 0 Å². The fraction of sp³-hybridized carbons (Fsp3) is 0.333. The van der Waals surface area contributed by atoms with Gasteiger partial charge in [-0.1, -0.05) is 0 Å². The van der Waals surface area contributed by atoms with Crippen LogP contribution >= 0.6 is 11.3 Å². The molecule has 0 amide bonds. The normalized spacial score (nSPS) is 11.2. The Balaban J connectivity index is 2.42. The van der Waals surface area contributed by atoms with Crippen LogP contribution in [0.3, 0.4) is 0 Å². The van der Waals surface area contributed by atoms with Gasteiger partial charge in [-0.25, -0.2) is 17.7 Å². The predicted octanol–water partition coefficient (Wildman–Crippen LogP) is 2.00. The lowest BCUT2D eigenvalue weighted by Gasteiger charge is -2.20. The highest BCUT2D eigenvalue weighted by molar-refractivity contribution is 7.93. The number of hydrogen-bond acceptors (Lipinski definition) is 7. The number of anilines is 1. The summed E-state index contributed by atoms with van der Waals surface area (Å²) in [6.45, 7) is 1.83. The standard InChI is InChI=1S/C15H18N2O6S2/c1-4-17(15-16-10(9-24-15)7-14(18)19)25(20,21)11-5-6-12(22-2)13(8-11)23-3/h5-6,8-9H,4,7H2,1-3H3,(H,18,19). The molecule has 0 aliphatic heterocycles. The molecule has 1 aromatic heterocycles. The van der Waals surface area contributed by atoms with Gasteiger partial charge in [0.1, 0.15) is 0 Å². The van der Waals surface area contributed by atoms with Gasteiger partial charge in [0.25, 0.3) is 10.0 Å². The number of methoxy groups -OCH3 is 2. The fourth-order valence-corrected chi connectivity index (χ4v) is 4.71. The van der Waals surface area contributed by atoms with Crippen LogP contribution in [-0.2, 0) is 21.2 Å². The summed E-state index contributed by atoms with van der Waals surface area (Å²) in [6, 6.07) is 4.31. The average Bonchev–Trinajstić information content (AvgIpc) is 3.01. The van der Waals surface area contributed by atoms with Crippen molar-refractivity contribution in [2.45, 2.75) is 18.2 Å². The molecule has 0 radical (unpaired) electrons. The Labute approximate surface area is 149 Å². The lowest BCUT2D eigenvalue weighted by Crippen LogP contribution is -2.30. The number of sulfonamides is 1. The number of aliphatic carboxylic acids is 1. The van der Waals surface area contributed by atoms with E-state index in [1.807, 2.05) is 0 Å². The van der Waals surface area contributed by atoms with Gasteiger partial charge in [0, 0.05) is 18.0 Å². The van der Waals surface area contributed by atoms with Crippen molar-refractivity contribution in [3.8, 4) is 11.5 Å². The van der Waals surface area contributed by atoms with Crippen molar-refractivity contribution in [3.05, 3.63) is 29.3 Å². The number of carboxylic acids is 1. The predicted molar refractivity (Wildman–Crippen MR) is 93.2 cm³/mol. The average molecular weight is 386 g/mol. The first-order chi connectivity index (χ1) is 11.8. The minimum atomic E-state index is -3.88. The highest BCUT2D eigenvalue weighted by atomic mass is 32.2. The zero-order valence-electron chi connectivity index (χ0n) is 13.9. The summed E-state index contributed by atoms with van der Waals surface area (Å²) in [5.74, 6) is -0.310. The largest absolute Gasteiger partial charge is 0.493 e. The van der Waals surface area contributed by atoms with E-state index in [0.717, 1.165) is 15.6 Å². The summed E-state index contributed by atoms with van der Waals surface area (Å²) in [6.07, 6.45) is -0.259. The number of hydrogen-bond donors (Lipinski definition) is 1. The van der Waals surface area contributed by atoms with Crippen molar-refractivity contribution < 1.29 is 27.8 Å². The van der Waals surface area contributed by atoms with E-state index in [1.54, 1.807) is 6.92 Å². The van der Waals surface area contributed by atoms with Gasteiger partial charge in [-0.15, -0.1) is 11.3 Å². The summed E-state index contributed by atoms with van der Waals surface area (Å²) in [4.78, 5) is 14.9. The van der Waals surface area contributed by atoms with Crippen LogP contribution in [0.1, 0.15) is 12.6 Å². The number of ether oxygens (including phenoxy) is 2. The van der Waals surface area contributed by atoms with Crippen LogP contribution < -0.4 is 13.8 Å². The molecule has 8 nitrogen and oxygen atoms in total. The first-order valence-corrected chi connectivity index (χ1v) is 9.56. The van der Waals surface area contributed by atoms with E-state index in [0.29, 0.717) is 17.2 Å². The molecule has 2 aromatic rings. The molecule has 0 fully saturated rings. The SMILES string of the molecule is CCN(c1nc(CC(=O)O)cs1)S(=O)(=O)c1ccc(OC)c(OC)c1. The van der Waals surface area contributed by atoms with Gasteiger partial charge in [-0.05, 0) is 19.1 Å². The fourth-order valence-electron chi connectivity index (χ4n) is 2.16. The summed E-state index contributed by atoms with van der Waals surface area (Å²) >= 11 is 1.08. The molecule has 10 heteroatoms. The van der Waals surface area contributed by atoms with Gasteiger partial charge < -0.3 is 14.6 Å². The van der Waals surface area contributed by atoms with Crippen molar-refractivity contribution in [2.75, 3.05) is 25.1 Å². The molecule has 0 saturated heterocycles. The second-order valence-electron chi connectivity index (χ2n) is 4.88. The maximum atomic E-state index is 12.9. The van der Waals surface area contributed by atoms with E-state index in [-0.39, 0.29) is 23.0 Å². The maximum Gasteiger partial charge on any atom is 0.309 e. The van der Waals surface area contributed by atoms with E-state index in [4.69, 9.17) is 14.6 Å². The maximum absolute atomic E-state index is 12.9. The number of aromatic nitrogens is 1. The van der Waals surface area contributed by atoms with Crippen LogP contribution in [0.5, 0.6) is 11.5 Å². The zero-order valence-corrected chi connectivity index (χ0v) is 15.6. The summed E-state index contributed by atoms with van der Waals surface area (Å²) in [5, 5.41) is 10.6. The van der Waals surface area contributed by atoms with E-state index in [9.17, 15) is 13.2 Å². The van der Waals surface area contributed by atoms with Crippen LogP contribution in [0.2, 0.25) is 0 Å². The van der Waals surface area contributed by atoms with Crippen molar-refractivity contribution >= 4 is 32.5 Å². The molecule has 0 unspecified atom stereocenters. The third kappa shape index (κ3) is 4.02. The van der Waals surface area contributed by atoms with Gasteiger partial charge in [-0.2, -0.15) is 0 Å². The minimum Gasteiger partial charge on any atom is -0.493 e. The highest BCUT2D eigenvalue weighted by Crippen LogP contribution is 2.33. The number of carbonyl (C=O) groups is 1. The van der Waals surface area contributed by atoms with Crippen molar-refractivity contribution in [3.63, 3.8) is 0 Å². The summed E-state index contributed by atoms with van der Waals surface area (Å²) < 4.78 is 37.3. The molecule has 0 aliphatic rings. The van der Waals surface area contributed by atoms with Gasteiger partial charge in [0.15, 0.2) is 16.6 Å². The van der Waals surface area contributed by atoms with Crippen molar-refractivity contribution in [2.24, 2.45) is 0 Å². The summed E-state index contributed by atoms with van der Waals surface area (Å²) in [7, 11) is -0.995. The van der Waals surface area contributed by atoms with E-state index < -0.39 is 16.0 Å².